The first-order chi connectivity index (χ1) is 6.74. The molecule has 0 spiro atoms. The Morgan fingerprint density at radius 2 is 2.07 bits per heavy atom. The highest BCUT2D eigenvalue weighted by atomic mass is 79.9. The minimum Gasteiger partial charge on any atom is -0.314 e. The molecule has 0 fully saturated rings. The topological polar surface area (TPSA) is 12.0 Å². The lowest BCUT2D eigenvalue weighted by atomic mass is 10.2. The molecule has 1 N–H and O–H groups in total. The highest BCUT2D eigenvalue weighted by molar-refractivity contribution is 9.13. The molecule has 0 aliphatic rings. The van der Waals surface area contributed by atoms with Gasteiger partial charge in [-0.2, -0.15) is 0 Å². The number of benzene rings is 1. The average molecular weight is 319 g/mol. The van der Waals surface area contributed by atoms with E-state index in [1.807, 2.05) is 6.07 Å². The summed E-state index contributed by atoms with van der Waals surface area (Å²) in [5, 5.41) is 3.24. The molecule has 1 nitrogen and oxygen atoms in total. The molecule has 0 atom stereocenters. The molecule has 14 heavy (non-hydrogen) atoms. The van der Waals surface area contributed by atoms with Crippen molar-refractivity contribution in [2.24, 2.45) is 0 Å². The molecule has 0 heterocycles. The molecule has 1 rings (SSSR count). The van der Waals surface area contributed by atoms with Gasteiger partial charge in [-0.3, -0.25) is 0 Å². The van der Waals surface area contributed by atoms with E-state index in [4.69, 9.17) is 0 Å². The fourth-order valence-corrected chi connectivity index (χ4v) is 1.68. The lowest BCUT2D eigenvalue weighted by molar-refractivity contribution is 0.801. The minimum atomic E-state index is 0.921. The minimum absolute atomic E-state index is 0.921. The summed E-state index contributed by atoms with van der Waals surface area (Å²) in [4.78, 5) is 0. The van der Waals surface area contributed by atoms with Crippen molar-refractivity contribution < 1.29 is 0 Å². The van der Waals surface area contributed by atoms with Crippen LogP contribution in [0, 0.1) is 0 Å². The van der Waals surface area contributed by atoms with Crippen molar-refractivity contribution in [2.45, 2.75) is 6.92 Å². The number of nitrogens with one attached hydrogen (secondary N) is 1. The lowest BCUT2D eigenvalue weighted by Crippen LogP contribution is -2.11. The third kappa shape index (κ3) is 3.95. The number of likely N-dealkylation sites (N-methyl/N-ethyl adjacent to an activating group) is 1. The van der Waals surface area contributed by atoms with Crippen LogP contribution in [0.2, 0.25) is 0 Å². The van der Waals surface area contributed by atoms with Crippen LogP contribution in [-0.2, 0) is 0 Å². The maximum absolute atomic E-state index is 3.47. The Morgan fingerprint density at radius 3 is 2.71 bits per heavy atom. The van der Waals surface area contributed by atoms with E-state index in [1.54, 1.807) is 0 Å². The van der Waals surface area contributed by atoms with Gasteiger partial charge in [0, 0.05) is 15.5 Å². The second-order valence-corrected chi connectivity index (χ2v) is 4.59. The van der Waals surface area contributed by atoms with Crippen molar-refractivity contribution in [3.05, 3.63) is 38.8 Å². The highest BCUT2D eigenvalue weighted by Crippen LogP contribution is 2.24. The van der Waals surface area contributed by atoms with Gasteiger partial charge in [0.2, 0.25) is 0 Å². The van der Waals surface area contributed by atoms with Crippen LogP contribution in [0.4, 0.5) is 0 Å². The van der Waals surface area contributed by atoms with Crippen LogP contribution in [0.15, 0.2) is 33.2 Å². The van der Waals surface area contributed by atoms with E-state index < -0.39 is 0 Å². The number of hydrogen-bond donors (Lipinski definition) is 1. The molecule has 1 aromatic rings. The molecule has 0 amide bonds. The van der Waals surface area contributed by atoms with E-state index in [9.17, 15) is 0 Å². The van der Waals surface area contributed by atoms with E-state index in [0.29, 0.717) is 0 Å². The van der Waals surface area contributed by atoms with Crippen LogP contribution in [0.1, 0.15) is 12.5 Å². The van der Waals surface area contributed by atoms with Crippen molar-refractivity contribution in [1.82, 2.24) is 5.32 Å². The fourth-order valence-electron chi connectivity index (χ4n) is 1.04. The summed E-state index contributed by atoms with van der Waals surface area (Å²) in [5.74, 6) is 0. The molecule has 0 bridgehead atoms. The summed E-state index contributed by atoms with van der Waals surface area (Å²) in [7, 11) is 0. The van der Waals surface area contributed by atoms with E-state index in [1.165, 1.54) is 5.56 Å². The van der Waals surface area contributed by atoms with Gasteiger partial charge in [0.1, 0.15) is 0 Å². The SMILES string of the molecule is CCNC/C=C/c1ccc(Br)c(Br)c1. The molecule has 0 saturated heterocycles. The van der Waals surface area contributed by atoms with Gasteiger partial charge in [-0.25, -0.2) is 0 Å². The predicted octanol–water partition coefficient (Wildman–Crippen LogP) is 3.83. The van der Waals surface area contributed by atoms with Crippen molar-refractivity contribution in [1.29, 1.82) is 0 Å². The first-order valence-corrected chi connectivity index (χ1v) is 6.15. The zero-order valence-electron chi connectivity index (χ0n) is 8.06. The third-order valence-corrected chi connectivity index (χ3v) is 3.65. The summed E-state index contributed by atoms with van der Waals surface area (Å²) >= 11 is 6.91. The molecule has 0 aliphatic carbocycles. The first kappa shape index (κ1) is 12.0. The van der Waals surface area contributed by atoms with Gasteiger partial charge in [-0.1, -0.05) is 25.1 Å². The smallest absolute Gasteiger partial charge is 0.0323 e. The zero-order valence-corrected chi connectivity index (χ0v) is 11.2. The van der Waals surface area contributed by atoms with Crippen LogP contribution in [0.3, 0.4) is 0 Å². The molecule has 0 unspecified atom stereocenters. The fraction of sp³-hybridized carbons (Fsp3) is 0.273. The number of rotatable bonds is 4. The molecule has 0 radical (unpaired) electrons. The average Bonchev–Trinajstić information content (AvgIpc) is 2.18. The van der Waals surface area contributed by atoms with Gasteiger partial charge < -0.3 is 5.32 Å². The van der Waals surface area contributed by atoms with E-state index in [-0.39, 0.29) is 0 Å². The van der Waals surface area contributed by atoms with Gasteiger partial charge >= 0.3 is 0 Å². The van der Waals surface area contributed by atoms with Crippen molar-refractivity contribution >= 4 is 37.9 Å². The summed E-state index contributed by atoms with van der Waals surface area (Å²) < 4.78 is 2.17. The molecule has 3 heteroatoms. The lowest BCUT2D eigenvalue weighted by Gasteiger charge is -1.98. The van der Waals surface area contributed by atoms with E-state index in [0.717, 1.165) is 22.0 Å². The Morgan fingerprint density at radius 1 is 1.29 bits per heavy atom. The van der Waals surface area contributed by atoms with Crippen LogP contribution in [0.5, 0.6) is 0 Å². The molecule has 1 aromatic carbocycles. The maximum atomic E-state index is 3.47. The predicted molar refractivity (Wildman–Crippen MR) is 69.4 cm³/mol. The first-order valence-electron chi connectivity index (χ1n) is 4.56. The summed E-state index contributed by atoms with van der Waals surface area (Å²) in [6, 6.07) is 6.21. The number of halogens is 2. The molecule has 0 aliphatic heterocycles. The molecule has 0 saturated carbocycles. The van der Waals surface area contributed by atoms with E-state index in [2.05, 4.69) is 68.4 Å². The second kappa shape index (κ2) is 6.38. The van der Waals surface area contributed by atoms with Crippen LogP contribution in [-0.4, -0.2) is 13.1 Å². The maximum Gasteiger partial charge on any atom is 0.0323 e. The van der Waals surface area contributed by atoms with Crippen molar-refractivity contribution in [3.8, 4) is 0 Å². The van der Waals surface area contributed by atoms with Crippen molar-refractivity contribution in [2.75, 3.05) is 13.1 Å². The Kier molecular flexibility index (Phi) is 5.45. The van der Waals surface area contributed by atoms with Crippen LogP contribution >= 0.6 is 31.9 Å². The molecular formula is C11H13Br2N. The van der Waals surface area contributed by atoms with Crippen LogP contribution in [0.25, 0.3) is 6.08 Å². The Balaban J connectivity index is 2.59. The van der Waals surface area contributed by atoms with E-state index >= 15 is 0 Å². The largest absolute Gasteiger partial charge is 0.314 e. The second-order valence-electron chi connectivity index (χ2n) is 2.88. The molecular weight excluding hydrogens is 306 g/mol. The summed E-state index contributed by atoms with van der Waals surface area (Å²) in [6.45, 7) is 4.03. The Bertz CT molecular complexity index is 321. The number of hydrogen-bond acceptors (Lipinski definition) is 1. The van der Waals surface area contributed by atoms with Gasteiger partial charge in [-0.05, 0) is 56.1 Å². The standard InChI is InChI=1S/C11H13Br2N/c1-2-14-7-3-4-9-5-6-10(12)11(13)8-9/h3-6,8,14H,2,7H2,1H3/b4-3+. The summed E-state index contributed by atoms with van der Waals surface area (Å²) in [6.07, 6.45) is 4.24. The molecule has 76 valence electrons. The monoisotopic (exact) mass is 317 g/mol. The molecule has 0 aromatic heterocycles. The van der Waals surface area contributed by atoms with Crippen LogP contribution < -0.4 is 5.32 Å². The summed E-state index contributed by atoms with van der Waals surface area (Å²) in [5.41, 5.74) is 1.21. The highest BCUT2D eigenvalue weighted by Gasteiger charge is 1.94. The van der Waals surface area contributed by atoms with Gasteiger partial charge in [0.15, 0.2) is 0 Å². The Hall–Kier alpha value is -0.120. The normalized spacial score (nSPS) is 11.1. The third-order valence-electron chi connectivity index (χ3n) is 1.77. The van der Waals surface area contributed by atoms with Crippen molar-refractivity contribution in [3.63, 3.8) is 0 Å². The van der Waals surface area contributed by atoms with Gasteiger partial charge in [0.25, 0.3) is 0 Å². The van der Waals surface area contributed by atoms with Gasteiger partial charge in [-0.15, -0.1) is 0 Å². The quantitative estimate of drug-likeness (QED) is 0.832. The Labute approximate surface area is 102 Å². The van der Waals surface area contributed by atoms with Gasteiger partial charge in [0.05, 0.1) is 0 Å². The zero-order chi connectivity index (χ0) is 10.4.